The van der Waals surface area contributed by atoms with Crippen molar-refractivity contribution in [1.82, 2.24) is 19.9 Å². The number of β-amino-alcohol motifs (C(OH)–C–C–N with tert-alkyl or cyclic N) is 1. The molecule has 6 heteroatoms. The molecule has 0 saturated carbocycles. The lowest BCUT2D eigenvalue weighted by Gasteiger charge is -2.36. The molecular weight excluding hydrogens is 326 g/mol. The van der Waals surface area contributed by atoms with Gasteiger partial charge in [0.05, 0.1) is 11.6 Å². The highest BCUT2D eigenvalue weighted by atomic mass is 16.3. The van der Waals surface area contributed by atoms with Crippen molar-refractivity contribution in [3.8, 4) is 11.4 Å². The molecule has 134 valence electrons. The zero-order valence-corrected chi connectivity index (χ0v) is 14.9. The molecule has 26 heavy (non-hydrogen) atoms. The molecule has 0 radical (unpaired) electrons. The summed E-state index contributed by atoms with van der Waals surface area (Å²) >= 11 is 0. The zero-order valence-electron chi connectivity index (χ0n) is 14.9. The van der Waals surface area contributed by atoms with Crippen LogP contribution < -0.4 is 4.90 Å². The Morgan fingerprint density at radius 2 is 1.73 bits per heavy atom. The minimum absolute atomic E-state index is 0.292. The Balaban J connectivity index is 1.68. The Labute approximate surface area is 153 Å². The first-order valence-electron chi connectivity index (χ1n) is 9.03. The van der Waals surface area contributed by atoms with E-state index in [4.69, 9.17) is 9.97 Å². The average Bonchev–Trinajstić information content (AvgIpc) is 2.68. The Kier molecular flexibility index (Phi) is 4.77. The normalized spacial score (nSPS) is 16.8. The fourth-order valence-electron chi connectivity index (χ4n) is 3.45. The maximum Gasteiger partial charge on any atom is 0.162 e. The van der Waals surface area contributed by atoms with Gasteiger partial charge in [-0.3, -0.25) is 9.88 Å². The summed E-state index contributed by atoms with van der Waals surface area (Å²) in [4.78, 5) is 18.4. The van der Waals surface area contributed by atoms with Gasteiger partial charge in [0.15, 0.2) is 5.82 Å². The number of aromatic nitrogens is 3. The Morgan fingerprint density at radius 1 is 1.00 bits per heavy atom. The summed E-state index contributed by atoms with van der Waals surface area (Å²) < 4.78 is 0. The molecule has 1 fully saturated rings. The molecule has 3 aromatic rings. The molecule has 1 unspecified atom stereocenters. The number of para-hydroxylation sites is 1. The molecule has 1 N–H and O–H groups in total. The van der Waals surface area contributed by atoms with E-state index in [0.29, 0.717) is 0 Å². The van der Waals surface area contributed by atoms with Crippen molar-refractivity contribution in [1.29, 1.82) is 0 Å². The van der Waals surface area contributed by atoms with Crippen molar-refractivity contribution < 1.29 is 5.11 Å². The van der Waals surface area contributed by atoms with Gasteiger partial charge in [-0.25, -0.2) is 9.97 Å². The highest BCUT2D eigenvalue weighted by Crippen LogP contribution is 2.28. The first-order valence-corrected chi connectivity index (χ1v) is 9.03. The second-order valence-corrected chi connectivity index (χ2v) is 6.76. The quantitative estimate of drug-likeness (QED) is 0.779. The van der Waals surface area contributed by atoms with Crippen LogP contribution in [0.2, 0.25) is 0 Å². The van der Waals surface area contributed by atoms with Gasteiger partial charge in [0, 0.05) is 56.1 Å². The second-order valence-electron chi connectivity index (χ2n) is 6.76. The molecule has 6 nitrogen and oxygen atoms in total. The smallest absolute Gasteiger partial charge is 0.162 e. The SMILES string of the molecule is CC(O)CN1CCN(c2nc(-c3ccncc3)nc3ccccc23)CC1. The number of aliphatic hydroxyl groups is 1. The van der Waals surface area contributed by atoms with E-state index < -0.39 is 0 Å². The fraction of sp³-hybridized carbons (Fsp3) is 0.350. The summed E-state index contributed by atoms with van der Waals surface area (Å²) in [5, 5.41) is 10.7. The predicted octanol–water partition coefficient (Wildman–Crippen LogP) is 2.19. The fourth-order valence-corrected chi connectivity index (χ4v) is 3.45. The van der Waals surface area contributed by atoms with Gasteiger partial charge in [-0.2, -0.15) is 0 Å². The maximum atomic E-state index is 9.61. The number of fused-ring (bicyclic) bond motifs is 1. The van der Waals surface area contributed by atoms with Crippen LogP contribution in [-0.2, 0) is 0 Å². The number of nitrogens with zero attached hydrogens (tertiary/aromatic N) is 5. The van der Waals surface area contributed by atoms with Crippen molar-refractivity contribution in [3.05, 3.63) is 48.8 Å². The first kappa shape index (κ1) is 16.9. The van der Waals surface area contributed by atoms with E-state index in [9.17, 15) is 5.11 Å². The van der Waals surface area contributed by atoms with Gasteiger partial charge in [0.1, 0.15) is 5.82 Å². The van der Waals surface area contributed by atoms with Gasteiger partial charge in [0.25, 0.3) is 0 Å². The number of anilines is 1. The number of rotatable bonds is 4. The number of hydrogen-bond acceptors (Lipinski definition) is 6. The van der Waals surface area contributed by atoms with Crippen LogP contribution in [0.25, 0.3) is 22.3 Å². The van der Waals surface area contributed by atoms with Crippen molar-refractivity contribution in [2.24, 2.45) is 0 Å². The third-order valence-corrected chi connectivity index (χ3v) is 4.72. The summed E-state index contributed by atoms with van der Waals surface area (Å²) in [6.45, 7) is 6.20. The summed E-state index contributed by atoms with van der Waals surface area (Å²) in [6, 6.07) is 12.0. The molecule has 1 aliphatic heterocycles. The Hall–Kier alpha value is -2.57. The lowest BCUT2D eigenvalue weighted by Crippen LogP contribution is -2.48. The molecule has 0 bridgehead atoms. The molecule has 4 rings (SSSR count). The van der Waals surface area contributed by atoms with Crippen molar-refractivity contribution >= 4 is 16.7 Å². The monoisotopic (exact) mass is 349 g/mol. The van der Waals surface area contributed by atoms with Crippen molar-refractivity contribution in [2.45, 2.75) is 13.0 Å². The molecule has 0 amide bonds. The van der Waals surface area contributed by atoms with Crippen LogP contribution in [0.1, 0.15) is 6.92 Å². The van der Waals surface area contributed by atoms with Crippen LogP contribution in [0, 0.1) is 0 Å². The first-order chi connectivity index (χ1) is 12.7. The van der Waals surface area contributed by atoms with E-state index in [1.165, 1.54) is 0 Å². The Bertz CT molecular complexity index is 876. The summed E-state index contributed by atoms with van der Waals surface area (Å²) in [7, 11) is 0. The molecule has 2 aromatic heterocycles. The van der Waals surface area contributed by atoms with E-state index in [0.717, 1.165) is 60.8 Å². The average molecular weight is 349 g/mol. The molecule has 0 spiro atoms. The van der Waals surface area contributed by atoms with E-state index >= 15 is 0 Å². The van der Waals surface area contributed by atoms with Gasteiger partial charge in [0.2, 0.25) is 0 Å². The zero-order chi connectivity index (χ0) is 17.9. The molecule has 1 saturated heterocycles. The van der Waals surface area contributed by atoms with Crippen LogP contribution in [0.4, 0.5) is 5.82 Å². The highest BCUT2D eigenvalue weighted by molar-refractivity contribution is 5.91. The van der Waals surface area contributed by atoms with Gasteiger partial charge < -0.3 is 10.0 Å². The molecule has 1 atom stereocenters. The van der Waals surface area contributed by atoms with E-state index in [2.05, 4.69) is 20.9 Å². The predicted molar refractivity (Wildman–Crippen MR) is 103 cm³/mol. The molecular formula is C20H23N5O. The number of aliphatic hydroxyl groups excluding tert-OH is 1. The second kappa shape index (κ2) is 7.35. The van der Waals surface area contributed by atoms with Crippen molar-refractivity contribution in [2.75, 3.05) is 37.6 Å². The van der Waals surface area contributed by atoms with Crippen LogP contribution in [0.3, 0.4) is 0 Å². The lowest BCUT2D eigenvalue weighted by molar-refractivity contribution is 0.122. The van der Waals surface area contributed by atoms with E-state index in [-0.39, 0.29) is 6.10 Å². The summed E-state index contributed by atoms with van der Waals surface area (Å²) in [5.41, 5.74) is 1.93. The van der Waals surface area contributed by atoms with Gasteiger partial charge in [-0.15, -0.1) is 0 Å². The molecule has 3 heterocycles. The number of benzene rings is 1. The minimum Gasteiger partial charge on any atom is -0.392 e. The summed E-state index contributed by atoms with van der Waals surface area (Å²) in [6.07, 6.45) is 3.24. The molecule has 1 aromatic carbocycles. The van der Waals surface area contributed by atoms with Crippen LogP contribution >= 0.6 is 0 Å². The number of hydrogen-bond donors (Lipinski definition) is 1. The highest BCUT2D eigenvalue weighted by Gasteiger charge is 2.21. The largest absolute Gasteiger partial charge is 0.392 e. The topological polar surface area (TPSA) is 65.4 Å². The Morgan fingerprint density at radius 3 is 2.46 bits per heavy atom. The van der Waals surface area contributed by atoms with Crippen LogP contribution in [0.15, 0.2) is 48.8 Å². The molecule has 0 aliphatic carbocycles. The van der Waals surface area contributed by atoms with Crippen LogP contribution in [0.5, 0.6) is 0 Å². The van der Waals surface area contributed by atoms with Gasteiger partial charge >= 0.3 is 0 Å². The standard InChI is InChI=1S/C20H23N5O/c1-15(26)14-24-10-12-25(13-11-24)20-17-4-2-3-5-18(17)22-19(23-20)16-6-8-21-9-7-16/h2-9,15,26H,10-14H2,1H3. The molecule has 1 aliphatic rings. The van der Waals surface area contributed by atoms with Crippen LogP contribution in [-0.4, -0.2) is 63.8 Å². The third kappa shape index (κ3) is 3.52. The third-order valence-electron chi connectivity index (χ3n) is 4.72. The number of piperazine rings is 1. The maximum absolute atomic E-state index is 9.61. The minimum atomic E-state index is -0.292. The van der Waals surface area contributed by atoms with E-state index in [1.54, 1.807) is 12.4 Å². The van der Waals surface area contributed by atoms with Gasteiger partial charge in [-0.1, -0.05) is 12.1 Å². The van der Waals surface area contributed by atoms with E-state index in [1.807, 2.05) is 37.3 Å². The number of pyridine rings is 1. The van der Waals surface area contributed by atoms with Gasteiger partial charge in [-0.05, 0) is 31.2 Å². The van der Waals surface area contributed by atoms with Crippen molar-refractivity contribution in [3.63, 3.8) is 0 Å². The lowest BCUT2D eigenvalue weighted by atomic mass is 10.2. The summed E-state index contributed by atoms with van der Waals surface area (Å²) in [5.74, 6) is 1.71.